The number of hydrogen-bond acceptors (Lipinski definition) is 3. The molecule has 1 saturated carbocycles. The Bertz CT molecular complexity index is 351. The fourth-order valence-corrected chi connectivity index (χ4v) is 1.83. The SMILES string of the molecule is CC1(CNC(=O)N[C@H](CC(=O)O)C(=O)O)CCC1. The van der Waals surface area contributed by atoms with E-state index in [-0.39, 0.29) is 5.41 Å². The number of carboxylic acid groups (broad SMARTS) is 2. The van der Waals surface area contributed by atoms with Gasteiger partial charge in [-0.1, -0.05) is 13.3 Å². The maximum absolute atomic E-state index is 11.4. The highest BCUT2D eigenvalue weighted by atomic mass is 16.4. The molecule has 1 atom stereocenters. The molecule has 0 radical (unpaired) electrons. The quantitative estimate of drug-likeness (QED) is 0.550. The molecule has 102 valence electrons. The Morgan fingerprint density at radius 1 is 1.28 bits per heavy atom. The third kappa shape index (κ3) is 4.23. The third-order valence-electron chi connectivity index (χ3n) is 3.22. The minimum absolute atomic E-state index is 0.0862. The van der Waals surface area contributed by atoms with Crippen molar-refractivity contribution in [3.05, 3.63) is 0 Å². The average molecular weight is 258 g/mol. The summed E-state index contributed by atoms with van der Waals surface area (Å²) in [4.78, 5) is 32.6. The number of nitrogens with one attached hydrogen (secondary N) is 2. The van der Waals surface area contributed by atoms with E-state index in [1.165, 1.54) is 0 Å². The molecule has 0 heterocycles. The zero-order valence-corrected chi connectivity index (χ0v) is 10.2. The fraction of sp³-hybridized carbons (Fsp3) is 0.727. The molecular formula is C11H18N2O5. The van der Waals surface area contributed by atoms with Crippen molar-refractivity contribution in [2.45, 2.75) is 38.6 Å². The van der Waals surface area contributed by atoms with Crippen LogP contribution >= 0.6 is 0 Å². The Labute approximate surface area is 105 Å². The standard InChI is InChI=1S/C11H18N2O5/c1-11(3-2-4-11)6-12-10(18)13-7(9(16)17)5-8(14)15/h7H,2-6H2,1H3,(H,14,15)(H,16,17)(H2,12,13,18)/t7-/m1/s1. The van der Waals surface area contributed by atoms with Crippen molar-refractivity contribution in [1.82, 2.24) is 10.6 Å². The van der Waals surface area contributed by atoms with E-state index in [0.29, 0.717) is 6.54 Å². The maximum atomic E-state index is 11.4. The minimum atomic E-state index is -1.41. The van der Waals surface area contributed by atoms with E-state index in [0.717, 1.165) is 19.3 Å². The second-order valence-corrected chi connectivity index (χ2v) is 4.98. The van der Waals surface area contributed by atoms with Gasteiger partial charge in [0.05, 0.1) is 6.42 Å². The molecule has 0 aromatic carbocycles. The van der Waals surface area contributed by atoms with Crippen molar-refractivity contribution in [3.63, 3.8) is 0 Å². The van der Waals surface area contributed by atoms with E-state index in [2.05, 4.69) is 10.6 Å². The molecule has 4 N–H and O–H groups in total. The van der Waals surface area contributed by atoms with Crippen LogP contribution in [0, 0.1) is 5.41 Å². The van der Waals surface area contributed by atoms with Crippen LogP contribution in [-0.4, -0.2) is 40.8 Å². The van der Waals surface area contributed by atoms with Crippen LogP contribution in [0.4, 0.5) is 4.79 Å². The van der Waals surface area contributed by atoms with Crippen LogP contribution in [0.2, 0.25) is 0 Å². The van der Waals surface area contributed by atoms with Gasteiger partial charge in [0.15, 0.2) is 0 Å². The second-order valence-electron chi connectivity index (χ2n) is 4.98. The molecule has 0 spiro atoms. The highest BCUT2D eigenvalue weighted by Gasteiger charge is 2.32. The largest absolute Gasteiger partial charge is 0.481 e. The van der Waals surface area contributed by atoms with Gasteiger partial charge in [0, 0.05) is 6.54 Å². The second kappa shape index (κ2) is 5.70. The number of urea groups is 1. The summed E-state index contributed by atoms with van der Waals surface area (Å²) < 4.78 is 0. The Morgan fingerprint density at radius 2 is 1.89 bits per heavy atom. The Morgan fingerprint density at radius 3 is 2.28 bits per heavy atom. The molecular weight excluding hydrogens is 240 g/mol. The van der Waals surface area contributed by atoms with Gasteiger partial charge in [0.1, 0.15) is 6.04 Å². The van der Waals surface area contributed by atoms with Gasteiger partial charge in [0.25, 0.3) is 0 Å². The van der Waals surface area contributed by atoms with Crippen molar-refractivity contribution in [1.29, 1.82) is 0 Å². The predicted molar refractivity (Wildman–Crippen MR) is 62.2 cm³/mol. The summed E-state index contributed by atoms with van der Waals surface area (Å²) in [6.07, 6.45) is 2.56. The summed E-state index contributed by atoms with van der Waals surface area (Å²) in [6.45, 7) is 2.51. The van der Waals surface area contributed by atoms with Gasteiger partial charge in [-0.3, -0.25) is 4.79 Å². The van der Waals surface area contributed by atoms with Crippen LogP contribution in [-0.2, 0) is 9.59 Å². The summed E-state index contributed by atoms with van der Waals surface area (Å²) in [5.74, 6) is -2.63. The summed E-state index contributed by atoms with van der Waals surface area (Å²) in [5, 5.41) is 22.0. The van der Waals surface area contributed by atoms with Gasteiger partial charge >= 0.3 is 18.0 Å². The van der Waals surface area contributed by atoms with Crippen LogP contribution in [0.1, 0.15) is 32.6 Å². The van der Waals surface area contributed by atoms with Crippen LogP contribution in [0.5, 0.6) is 0 Å². The van der Waals surface area contributed by atoms with E-state index >= 15 is 0 Å². The summed E-state index contributed by atoms with van der Waals surface area (Å²) >= 11 is 0. The topological polar surface area (TPSA) is 116 Å². The Kier molecular flexibility index (Phi) is 4.52. The highest BCUT2D eigenvalue weighted by molar-refractivity contribution is 5.86. The lowest BCUT2D eigenvalue weighted by molar-refractivity contribution is -0.145. The van der Waals surface area contributed by atoms with Crippen LogP contribution in [0.3, 0.4) is 0 Å². The van der Waals surface area contributed by atoms with Gasteiger partial charge in [0.2, 0.25) is 0 Å². The van der Waals surface area contributed by atoms with Crippen molar-refractivity contribution in [2.24, 2.45) is 5.41 Å². The van der Waals surface area contributed by atoms with Crippen molar-refractivity contribution in [2.75, 3.05) is 6.54 Å². The fourth-order valence-electron chi connectivity index (χ4n) is 1.83. The molecule has 0 bridgehead atoms. The molecule has 1 fully saturated rings. The molecule has 0 aliphatic heterocycles. The first-order valence-electron chi connectivity index (χ1n) is 5.81. The molecule has 1 aliphatic carbocycles. The molecule has 1 aliphatic rings. The molecule has 2 amide bonds. The minimum Gasteiger partial charge on any atom is -0.481 e. The van der Waals surface area contributed by atoms with E-state index in [4.69, 9.17) is 10.2 Å². The number of hydrogen-bond donors (Lipinski definition) is 4. The van der Waals surface area contributed by atoms with Gasteiger partial charge in [-0.15, -0.1) is 0 Å². The zero-order chi connectivity index (χ0) is 13.8. The highest BCUT2D eigenvalue weighted by Crippen LogP contribution is 2.39. The van der Waals surface area contributed by atoms with Gasteiger partial charge in [-0.05, 0) is 18.3 Å². The van der Waals surface area contributed by atoms with E-state index < -0.39 is 30.4 Å². The molecule has 7 nitrogen and oxygen atoms in total. The summed E-state index contributed by atoms with van der Waals surface area (Å²) in [6, 6.07) is -2.05. The van der Waals surface area contributed by atoms with Gasteiger partial charge < -0.3 is 20.8 Å². The molecule has 0 unspecified atom stereocenters. The number of aliphatic carboxylic acids is 2. The van der Waals surface area contributed by atoms with Crippen LogP contribution < -0.4 is 10.6 Å². The van der Waals surface area contributed by atoms with E-state index in [9.17, 15) is 14.4 Å². The molecule has 0 saturated heterocycles. The van der Waals surface area contributed by atoms with Gasteiger partial charge in [-0.2, -0.15) is 0 Å². The Hall–Kier alpha value is -1.79. The number of amides is 2. The maximum Gasteiger partial charge on any atom is 0.326 e. The lowest BCUT2D eigenvalue weighted by atomic mass is 9.70. The average Bonchev–Trinajstić information content (AvgIpc) is 2.22. The molecule has 1 rings (SSSR count). The first-order valence-corrected chi connectivity index (χ1v) is 5.81. The number of rotatable bonds is 6. The van der Waals surface area contributed by atoms with Crippen molar-refractivity contribution < 1.29 is 24.6 Å². The third-order valence-corrected chi connectivity index (χ3v) is 3.22. The predicted octanol–water partition coefficient (Wildman–Crippen LogP) is 0.404. The smallest absolute Gasteiger partial charge is 0.326 e. The number of carboxylic acids is 2. The first kappa shape index (κ1) is 14.3. The number of carbonyl (C=O) groups excluding carboxylic acids is 1. The lowest BCUT2D eigenvalue weighted by Crippen LogP contribution is -2.50. The van der Waals surface area contributed by atoms with Crippen LogP contribution in [0.15, 0.2) is 0 Å². The zero-order valence-electron chi connectivity index (χ0n) is 10.2. The van der Waals surface area contributed by atoms with E-state index in [1.807, 2.05) is 6.92 Å². The van der Waals surface area contributed by atoms with Crippen molar-refractivity contribution >= 4 is 18.0 Å². The van der Waals surface area contributed by atoms with E-state index in [1.54, 1.807) is 0 Å². The van der Waals surface area contributed by atoms with Gasteiger partial charge in [-0.25, -0.2) is 9.59 Å². The normalized spacial score (nSPS) is 18.3. The molecule has 0 aromatic rings. The molecule has 0 aromatic heterocycles. The Balaban J connectivity index is 2.36. The molecule has 7 heteroatoms. The van der Waals surface area contributed by atoms with Crippen LogP contribution in [0.25, 0.3) is 0 Å². The molecule has 18 heavy (non-hydrogen) atoms. The summed E-state index contributed by atoms with van der Waals surface area (Å²) in [7, 11) is 0. The van der Waals surface area contributed by atoms with Crippen molar-refractivity contribution in [3.8, 4) is 0 Å². The monoisotopic (exact) mass is 258 g/mol. The lowest BCUT2D eigenvalue weighted by Gasteiger charge is -2.38. The first-order chi connectivity index (χ1) is 8.32. The number of carbonyl (C=O) groups is 3. The summed E-state index contributed by atoms with van der Waals surface area (Å²) in [5.41, 5.74) is 0.0862.